The van der Waals surface area contributed by atoms with Crippen molar-refractivity contribution in [1.82, 2.24) is 0 Å². The van der Waals surface area contributed by atoms with E-state index in [1.54, 1.807) is 0 Å². The van der Waals surface area contributed by atoms with Crippen LogP contribution in [0.15, 0.2) is 0 Å². The number of hydrogen-bond donors (Lipinski definition) is 1. The van der Waals surface area contributed by atoms with Gasteiger partial charge in [-0.1, -0.05) is 105 Å². The summed E-state index contributed by atoms with van der Waals surface area (Å²) in [5.74, 6) is 1.63. The van der Waals surface area contributed by atoms with E-state index in [1.807, 2.05) is 0 Å². The van der Waals surface area contributed by atoms with Crippen molar-refractivity contribution in [3.05, 3.63) is 0 Å². The molecule has 0 heterocycles. The van der Waals surface area contributed by atoms with Crippen molar-refractivity contribution < 1.29 is 18.5 Å². The summed E-state index contributed by atoms with van der Waals surface area (Å²) >= 11 is 0. The van der Waals surface area contributed by atoms with Gasteiger partial charge in [0, 0.05) is 0 Å². The number of unbranched alkanes of at least 4 members (excludes halogenated alkanes) is 6. The highest BCUT2D eigenvalue weighted by Crippen LogP contribution is 2.43. The fourth-order valence-corrected chi connectivity index (χ4v) is 4.36. The molecular formula is C22H47O4P. The van der Waals surface area contributed by atoms with Gasteiger partial charge in [-0.2, -0.15) is 0 Å². The van der Waals surface area contributed by atoms with Gasteiger partial charge in [-0.3, -0.25) is 9.05 Å². The van der Waals surface area contributed by atoms with Crippen LogP contribution in [0.3, 0.4) is 0 Å². The Labute approximate surface area is 169 Å². The highest BCUT2D eigenvalue weighted by atomic mass is 31.2. The summed E-state index contributed by atoms with van der Waals surface area (Å²) in [7, 11) is -3.85. The van der Waals surface area contributed by atoms with Crippen LogP contribution in [0, 0.1) is 11.8 Å². The van der Waals surface area contributed by atoms with E-state index in [9.17, 15) is 9.46 Å². The van der Waals surface area contributed by atoms with Crippen LogP contribution in [-0.4, -0.2) is 18.1 Å². The average Bonchev–Trinajstić information content (AvgIpc) is 2.60. The quantitative estimate of drug-likeness (QED) is 0.165. The Bertz CT molecular complexity index is 332. The number of phosphoric ester groups is 1. The van der Waals surface area contributed by atoms with E-state index in [0.29, 0.717) is 13.2 Å². The SMILES string of the molecule is CCCC(C)CCCCCCOP(=O)(O)OCCCCCCC(C)CCC. The predicted octanol–water partition coefficient (Wildman–Crippen LogP) is 7.89. The van der Waals surface area contributed by atoms with Crippen molar-refractivity contribution in [2.24, 2.45) is 11.8 Å². The zero-order chi connectivity index (χ0) is 20.4. The van der Waals surface area contributed by atoms with E-state index >= 15 is 0 Å². The molecule has 0 aromatic rings. The van der Waals surface area contributed by atoms with Crippen molar-refractivity contribution >= 4 is 7.82 Å². The molecule has 0 aliphatic carbocycles. The van der Waals surface area contributed by atoms with Crippen molar-refractivity contribution in [2.45, 2.75) is 118 Å². The smallest absolute Gasteiger partial charge is 0.302 e. The zero-order valence-corrected chi connectivity index (χ0v) is 19.5. The molecule has 1 N–H and O–H groups in total. The third-order valence-corrected chi connectivity index (χ3v) is 6.27. The monoisotopic (exact) mass is 406 g/mol. The Morgan fingerprint density at radius 2 is 1.04 bits per heavy atom. The van der Waals surface area contributed by atoms with Crippen molar-refractivity contribution in [1.29, 1.82) is 0 Å². The molecule has 0 spiro atoms. The van der Waals surface area contributed by atoms with Crippen molar-refractivity contribution in [2.75, 3.05) is 13.2 Å². The Balaban J connectivity index is 3.47. The summed E-state index contributed by atoms with van der Waals surface area (Å²) in [6.07, 6.45) is 16.3. The zero-order valence-electron chi connectivity index (χ0n) is 18.6. The molecule has 5 heteroatoms. The van der Waals surface area contributed by atoms with Crippen LogP contribution >= 0.6 is 7.82 Å². The second-order valence-electron chi connectivity index (χ2n) is 8.33. The first-order chi connectivity index (χ1) is 12.9. The van der Waals surface area contributed by atoms with Crippen LogP contribution in [0.1, 0.15) is 118 Å². The molecule has 0 aromatic carbocycles. The Morgan fingerprint density at radius 3 is 1.41 bits per heavy atom. The van der Waals surface area contributed by atoms with Crippen molar-refractivity contribution in [3.8, 4) is 0 Å². The van der Waals surface area contributed by atoms with Gasteiger partial charge < -0.3 is 4.89 Å². The van der Waals surface area contributed by atoms with E-state index in [2.05, 4.69) is 27.7 Å². The first-order valence-electron chi connectivity index (χ1n) is 11.5. The molecule has 0 amide bonds. The van der Waals surface area contributed by atoms with E-state index in [4.69, 9.17) is 9.05 Å². The average molecular weight is 407 g/mol. The molecule has 27 heavy (non-hydrogen) atoms. The molecule has 0 bridgehead atoms. The Morgan fingerprint density at radius 1 is 0.667 bits per heavy atom. The molecule has 0 fully saturated rings. The molecule has 0 saturated carbocycles. The van der Waals surface area contributed by atoms with Crippen LogP contribution in [0.5, 0.6) is 0 Å². The van der Waals surface area contributed by atoms with Gasteiger partial charge in [-0.05, 0) is 24.7 Å². The van der Waals surface area contributed by atoms with Gasteiger partial charge in [0.15, 0.2) is 0 Å². The van der Waals surface area contributed by atoms with Crippen LogP contribution < -0.4 is 0 Å². The fourth-order valence-electron chi connectivity index (χ4n) is 3.57. The third-order valence-electron chi connectivity index (χ3n) is 5.25. The summed E-state index contributed by atoms with van der Waals surface area (Å²) in [4.78, 5) is 9.69. The minimum Gasteiger partial charge on any atom is -0.302 e. The van der Waals surface area contributed by atoms with Crippen LogP contribution in [-0.2, 0) is 13.6 Å². The summed E-state index contributed by atoms with van der Waals surface area (Å²) in [6.45, 7) is 9.73. The highest BCUT2D eigenvalue weighted by molar-refractivity contribution is 7.47. The molecule has 0 saturated heterocycles. The molecule has 164 valence electrons. The normalized spacial score (nSPS) is 16.2. The van der Waals surface area contributed by atoms with Gasteiger partial charge in [-0.25, -0.2) is 4.57 Å². The van der Waals surface area contributed by atoms with Crippen LogP contribution in [0.2, 0.25) is 0 Å². The molecule has 2 unspecified atom stereocenters. The minimum atomic E-state index is -3.85. The first-order valence-corrected chi connectivity index (χ1v) is 13.0. The molecule has 0 rings (SSSR count). The topological polar surface area (TPSA) is 55.8 Å². The molecule has 0 aliphatic rings. The molecule has 2 atom stereocenters. The van der Waals surface area contributed by atoms with Gasteiger partial charge in [0.25, 0.3) is 0 Å². The maximum absolute atomic E-state index is 11.8. The summed E-state index contributed by atoms with van der Waals surface area (Å²) in [5, 5.41) is 0. The lowest BCUT2D eigenvalue weighted by Gasteiger charge is -2.13. The predicted molar refractivity (Wildman–Crippen MR) is 116 cm³/mol. The number of hydrogen-bond acceptors (Lipinski definition) is 3. The van der Waals surface area contributed by atoms with E-state index in [1.165, 1.54) is 64.2 Å². The molecule has 0 aliphatic heterocycles. The second-order valence-corrected chi connectivity index (χ2v) is 9.78. The molecule has 0 radical (unpaired) electrons. The Hall–Kier alpha value is 0.110. The Kier molecular flexibility index (Phi) is 18.2. The lowest BCUT2D eigenvalue weighted by Crippen LogP contribution is -1.99. The van der Waals surface area contributed by atoms with Gasteiger partial charge in [-0.15, -0.1) is 0 Å². The standard InChI is InChI=1S/C22H47O4P/c1-5-15-21(3)17-11-7-9-13-19-25-27(23,24)26-20-14-10-8-12-18-22(4)16-6-2/h21-22H,5-20H2,1-4H3,(H,23,24). The maximum atomic E-state index is 11.8. The summed E-state index contributed by atoms with van der Waals surface area (Å²) < 4.78 is 22.0. The largest absolute Gasteiger partial charge is 0.472 e. The van der Waals surface area contributed by atoms with Crippen molar-refractivity contribution in [3.63, 3.8) is 0 Å². The lowest BCUT2D eigenvalue weighted by atomic mass is 9.98. The van der Waals surface area contributed by atoms with E-state index in [0.717, 1.165) is 37.5 Å². The van der Waals surface area contributed by atoms with E-state index < -0.39 is 7.82 Å². The van der Waals surface area contributed by atoms with Crippen LogP contribution in [0.4, 0.5) is 0 Å². The second kappa shape index (κ2) is 18.2. The highest BCUT2D eigenvalue weighted by Gasteiger charge is 2.19. The first kappa shape index (κ1) is 27.1. The van der Waals surface area contributed by atoms with Gasteiger partial charge in [0.05, 0.1) is 13.2 Å². The summed E-state index contributed by atoms with van der Waals surface area (Å²) in [5.41, 5.74) is 0. The minimum absolute atomic E-state index is 0.313. The molecule has 0 aromatic heterocycles. The fraction of sp³-hybridized carbons (Fsp3) is 1.00. The maximum Gasteiger partial charge on any atom is 0.472 e. The summed E-state index contributed by atoms with van der Waals surface area (Å²) in [6, 6.07) is 0. The molecule has 4 nitrogen and oxygen atoms in total. The van der Waals surface area contributed by atoms with Gasteiger partial charge in [0.2, 0.25) is 0 Å². The van der Waals surface area contributed by atoms with Gasteiger partial charge >= 0.3 is 7.82 Å². The molecular weight excluding hydrogens is 359 g/mol. The van der Waals surface area contributed by atoms with Gasteiger partial charge in [0.1, 0.15) is 0 Å². The number of phosphoric acid groups is 1. The van der Waals surface area contributed by atoms with Crippen LogP contribution in [0.25, 0.3) is 0 Å². The number of rotatable bonds is 20. The lowest BCUT2D eigenvalue weighted by molar-refractivity contribution is 0.145. The van der Waals surface area contributed by atoms with E-state index in [-0.39, 0.29) is 0 Å². The third kappa shape index (κ3) is 19.2.